The summed E-state index contributed by atoms with van der Waals surface area (Å²) in [5.74, 6) is -0.494. The number of benzene rings is 2. The fraction of sp³-hybridized carbons (Fsp3) is 0.316. The maximum atomic E-state index is 12.3. The number of hydrogen-bond acceptors (Lipinski definition) is 3. The zero-order valence-electron chi connectivity index (χ0n) is 13.4. The number of aryl methyl sites for hydroxylation is 1. The Morgan fingerprint density at radius 1 is 1.08 bits per heavy atom. The number of halogens is 1. The van der Waals surface area contributed by atoms with Gasteiger partial charge in [-0.2, -0.15) is 0 Å². The van der Waals surface area contributed by atoms with Crippen LogP contribution in [0.4, 0.5) is 0 Å². The van der Waals surface area contributed by atoms with Crippen molar-refractivity contribution in [2.24, 2.45) is 5.73 Å². The highest BCUT2D eigenvalue weighted by Crippen LogP contribution is 2.22. The number of aliphatic hydroxyl groups is 1. The lowest BCUT2D eigenvalue weighted by atomic mass is 10.0. The van der Waals surface area contributed by atoms with E-state index in [4.69, 9.17) is 5.73 Å². The van der Waals surface area contributed by atoms with E-state index in [2.05, 4.69) is 17.4 Å². The minimum Gasteiger partial charge on any atom is -0.368 e. The molecule has 24 heavy (non-hydrogen) atoms. The Bertz CT molecular complexity index is 664. The Hall–Kier alpha value is -1.88. The van der Waals surface area contributed by atoms with Crippen LogP contribution in [-0.4, -0.2) is 22.8 Å². The number of hydrogen-bond donors (Lipinski definition) is 3. The molecule has 0 saturated heterocycles. The van der Waals surface area contributed by atoms with Gasteiger partial charge in [0.1, 0.15) is 0 Å². The number of fused-ring (bicyclic) bond motifs is 1. The zero-order chi connectivity index (χ0) is 16.3. The van der Waals surface area contributed by atoms with Crippen LogP contribution in [0, 0.1) is 0 Å². The van der Waals surface area contributed by atoms with Crippen LogP contribution >= 0.6 is 12.4 Å². The predicted octanol–water partition coefficient (Wildman–Crippen LogP) is 1.97. The maximum Gasteiger partial charge on any atom is 0.267 e. The van der Waals surface area contributed by atoms with Crippen LogP contribution < -0.4 is 11.1 Å². The third kappa shape index (κ3) is 4.35. The molecule has 1 unspecified atom stereocenters. The average Bonchev–Trinajstić information content (AvgIpc) is 2.96. The summed E-state index contributed by atoms with van der Waals surface area (Å²) in [5, 5.41) is 13.2. The topological polar surface area (TPSA) is 75.3 Å². The first-order valence-electron chi connectivity index (χ1n) is 7.97. The summed E-state index contributed by atoms with van der Waals surface area (Å²) in [7, 11) is 0. The number of amides is 1. The summed E-state index contributed by atoms with van der Waals surface area (Å²) in [6, 6.07) is 17.9. The summed E-state index contributed by atoms with van der Waals surface area (Å²) in [6.45, 7) is 0. The summed E-state index contributed by atoms with van der Waals surface area (Å²) < 4.78 is 0. The lowest BCUT2D eigenvalue weighted by molar-refractivity contribution is -0.140. The second-order valence-corrected chi connectivity index (χ2v) is 6.26. The first kappa shape index (κ1) is 18.5. The van der Waals surface area contributed by atoms with Gasteiger partial charge in [-0.05, 0) is 36.0 Å². The van der Waals surface area contributed by atoms with Gasteiger partial charge in [-0.25, -0.2) is 0 Å². The fourth-order valence-corrected chi connectivity index (χ4v) is 3.06. The third-order valence-corrected chi connectivity index (χ3v) is 4.42. The number of nitrogens with two attached hydrogens (primary N) is 1. The molecule has 1 aliphatic rings. The molecule has 0 radical (unpaired) electrons. The second kappa shape index (κ2) is 7.79. The van der Waals surface area contributed by atoms with Crippen LogP contribution in [0.2, 0.25) is 0 Å². The van der Waals surface area contributed by atoms with E-state index >= 15 is 0 Å². The Morgan fingerprint density at radius 2 is 1.62 bits per heavy atom. The Labute approximate surface area is 148 Å². The van der Waals surface area contributed by atoms with E-state index in [9.17, 15) is 9.90 Å². The van der Waals surface area contributed by atoms with Crippen LogP contribution in [0.25, 0.3) is 0 Å². The van der Waals surface area contributed by atoms with Crippen molar-refractivity contribution in [1.82, 2.24) is 5.32 Å². The largest absolute Gasteiger partial charge is 0.368 e. The molecular weight excluding hydrogens is 324 g/mol. The van der Waals surface area contributed by atoms with Crippen molar-refractivity contribution in [3.8, 4) is 0 Å². The Morgan fingerprint density at radius 3 is 2.21 bits per heavy atom. The predicted molar refractivity (Wildman–Crippen MR) is 96.9 cm³/mol. The summed E-state index contributed by atoms with van der Waals surface area (Å²) in [4.78, 5) is 12.3. The van der Waals surface area contributed by atoms with Crippen molar-refractivity contribution in [3.63, 3.8) is 0 Å². The van der Waals surface area contributed by atoms with Gasteiger partial charge in [0.15, 0.2) is 5.72 Å². The first-order valence-corrected chi connectivity index (χ1v) is 7.97. The van der Waals surface area contributed by atoms with Gasteiger partial charge < -0.3 is 10.4 Å². The molecule has 2 aromatic rings. The lowest BCUT2D eigenvalue weighted by Gasteiger charge is -2.24. The SMILES string of the molecule is Cl.NC(O)(CCc1ccccc1)C(=O)NC1Cc2ccccc2C1. The van der Waals surface area contributed by atoms with Crippen molar-refractivity contribution >= 4 is 18.3 Å². The molecule has 1 aliphatic carbocycles. The van der Waals surface area contributed by atoms with Crippen molar-refractivity contribution < 1.29 is 9.90 Å². The van der Waals surface area contributed by atoms with E-state index in [-0.39, 0.29) is 24.9 Å². The van der Waals surface area contributed by atoms with Gasteiger partial charge in [0.25, 0.3) is 5.91 Å². The Balaban J connectivity index is 0.00000208. The van der Waals surface area contributed by atoms with Crippen molar-refractivity contribution in [2.75, 3.05) is 0 Å². The molecule has 0 aromatic heterocycles. The van der Waals surface area contributed by atoms with Crippen LogP contribution in [0.1, 0.15) is 23.1 Å². The first-order chi connectivity index (χ1) is 11.0. The number of rotatable bonds is 5. The molecule has 2 aromatic carbocycles. The maximum absolute atomic E-state index is 12.3. The lowest BCUT2D eigenvalue weighted by Crippen LogP contribution is -2.56. The van der Waals surface area contributed by atoms with Gasteiger partial charge in [-0.1, -0.05) is 54.6 Å². The number of nitrogens with one attached hydrogen (secondary N) is 1. The molecule has 1 amide bonds. The monoisotopic (exact) mass is 346 g/mol. The molecule has 4 N–H and O–H groups in total. The van der Waals surface area contributed by atoms with Crippen molar-refractivity contribution in [3.05, 3.63) is 71.3 Å². The molecular formula is C19H23ClN2O2. The van der Waals surface area contributed by atoms with Crippen LogP contribution in [0.3, 0.4) is 0 Å². The molecule has 1 atom stereocenters. The van der Waals surface area contributed by atoms with E-state index < -0.39 is 11.6 Å². The van der Waals surface area contributed by atoms with E-state index in [0.29, 0.717) is 6.42 Å². The molecule has 0 spiro atoms. The quantitative estimate of drug-likeness (QED) is 0.724. The highest BCUT2D eigenvalue weighted by molar-refractivity contribution is 5.85. The van der Waals surface area contributed by atoms with Crippen molar-refractivity contribution in [2.45, 2.75) is 37.5 Å². The molecule has 0 heterocycles. The van der Waals surface area contributed by atoms with Gasteiger partial charge >= 0.3 is 0 Å². The van der Waals surface area contributed by atoms with Gasteiger partial charge in [-0.3, -0.25) is 10.5 Å². The van der Waals surface area contributed by atoms with Gasteiger partial charge in [0, 0.05) is 12.5 Å². The third-order valence-electron chi connectivity index (χ3n) is 4.42. The standard InChI is InChI=1S/C19H22N2O2.ClH/c20-19(23,11-10-14-6-2-1-3-7-14)18(22)21-17-12-15-8-4-5-9-16(15)13-17;/h1-9,17,23H,10-13,20H2,(H,21,22);1H. The number of carbonyl (C=O) groups is 1. The van der Waals surface area contributed by atoms with E-state index in [1.54, 1.807) is 0 Å². The van der Waals surface area contributed by atoms with Gasteiger partial charge in [0.05, 0.1) is 0 Å². The average molecular weight is 347 g/mol. The summed E-state index contributed by atoms with van der Waals surface area (Å²) >= 11 is 0. The molecule has 5 heteroatoms. The second-order valence-electron chi connectivity index (χ2n) is 6.26. The molecule has 0 bridgehead atoms. The van der Waals surface area contributed by atoms with Crippen LogP contribution in [-0.2, 0) is 24.1 Å². The smallest absolute Gasteiger partial charge is 0.267 e. The number of carbonyl (C=O) groups excluding carboxylic acids is 1. The summed E-state index contributed by atoms with van der Waals surface area (Å²) in [5.41, 5.74) is 7.55. The normalized spacial score (nSPS) is 15.9. The molecule has 0 fully saturated rings. The summed E-state index contributed by atoms with van der Waals surface area (Å²) in [6.07, 6.45) is 2.34. The molecule has 0 aliphatic heterocycles. The minimum atomic E-state index is -1.84. The fourth-order valence-electron chi connectivity index (χ4n) is 3.06. The highest BCUT2D eigenvalue weighted by Gasteiger charge is 2.33. The van der Waals surface area contributed by atoms with E-state index in [1.807, 2.05) is 42.5 Å². The van der Waals surface area contributed by atoms with Gasteiger partial charge in [-0.15, -0.1) is 12.4 Å². The molecule has 3 rings (SSSR count). The minimum absolute atomic E-state index is 0. The van der Waals surface area contributed by atoms with Crippen molar-refractivity contribution in [1.29, 1.82) is 0 Å². The highest BCUT2D eigenvalue weighted by atomic mass is 35.5. The molecule has 4 nitrogen and oxygen atoms in total. The molecule has 128 valence electrons. The zero-order valence-corrected chi connectivity index (χ0v) is 14.3. The van der Waals surface area contributed by atoms with E-state index in [0.717, 1.165) is 18.4 Å². The Kier molecular flexibility index (Phi) is 5.99. The van der Waals surface area contributed by atoms with Crippen LogP contribution in [0.5, 0.6) is 0 Å². The van der Waals surface area contributed by atoms with Crippen LogP contribution in [0.15, 0.2) is 54.6 Å². The van der Waals surface area contributed by atoms with Gasteiger partial charge in [0.2, 0.25) is 0 Å². The molecule has 0 saturated carbocycles. The van der Waals surface area contributed by atoms with E-state index in [1.165, 1.54) is 11.1 Å².